The molecule has 2 aromatic carbocycles. The molecule has 1 aliphatic heterocycles. The number of aromatic nitrogens is 2. The zero-order valence-electron chi connectivity index (χ0n) is 14.1. The van der Waals surface area contributed by atoms with E-state index < -0.39 is 0 Å². The average molecular weight is 334 g/mol. The predicted molar refractivity (Wildman–Crippen MR) is 97.6 cm³/mol. The molecule has 1 fully saturated rings. The number of anilines is 1. The number of nitrogens with zero attached hydrogens (tertiary/aromatic N) is 3. The minimum atomic E-state index is -0.140. The van der Waals surface area contributed by atoms with Crippen molar-refractivity contribution >= 4 is 22.6 Å². The Bertz CT molecular complexity index is 1050. The highest BCUT2D eigenvalue weighted by Crippen LogP contribution is 2.21. The number of benzene rings is 2. The molecule has 2 amide bonds. The van der Waals surface area contributed by atoms with Crippen molar-refractivity contribution in [2.24, 2.45) is 0 Å². The smallest absolute Gasteiger partial charge is 0.321 e. The maximum absolute atomic E-state index is 13.1. The molecular weight excluding hydrogens is 316 g/mol. The number of carbonyl (C=O) groups is 1. The van der Waals surface area contributed by atoms with E-state index in [4.69, 9.17) is 0 Å². The van der Waals surface area contributed by atoms with Crippen LogP contribution in [0.2, 0.25) is 0 Å². The Morgan fingerprint density at radius 1 is 1.04 bits per heavy atom. The Balaban J connectivity index is 1.93. The Morgan fingerprint density at radius 2 is 1.88 bits per heavy atom. The first-order valence-corrected chi connectivity index (χ1v) is 8.20. The normalized spacial score (nSPS) is 14.2. The zero-order valence-corrected chi connectivity index (χ0v) is 14.1. The highest BCUT2D eigenvalue weighted by molar-refractivity contribution is 5.96. The second-order valence-corrected chi connectivity index (χ2v) is 6.22. The molecule has 1 N–H and O–H groups in total. The molecule has 0 saturated carbocycles. The lowest BCUT2D eigenvalue weighted by atomic mass is 10.2. The van der Waals surface area contributed by atoms with Gasteiger partial charge in [-0.15, -0.1) is 0 Å². The number of hydrogen-bond acceptors (Lipinski definition) is 3. The number of rotatable bonds is 2. The molecule has 0 radical (unpaired) electrons. The van der Waals surface area contributed by atoms with Crippen LogP contribution in [0.25, 0.3) is 16.6 Å². The van der Waals surface area contributed by atoms with Crippen LogP contribution in [0.4, 0.5) is 10.5 Å². The van der Waals surface area contributed by atoms with Gasteiger partial charge in [-0.1, -0.05) is 12.1 Å². The van der Waals surface area contributed by atoms with E-state index in [0.717, 1.165) is 11.3 Å². The molecular formula is C19H18N4O2. The number of aryl methyl sites for hydroxylation is 2. The van der Waals surface area contributed by atoms with Crippen molar-refractivity contribution in [3.63, 3.8) is 0 Å². The molecule has 2 heterocycles. The average Bonchev–Trinajstić information content (AvgIpc) is 3.01. The fraction of sp³-hybridized carbons (Fsp3) is 0.211. The van der Waals surface area contributed by atoms with E-state index in [1.54, 1.807) is 21.6 Å². The van der Waals surface area contributed by atoms with Crippen LogP contribution in [-0.2, 0) is 0 Å². The van der Waals surface area contributed by atoms with Gasteiger partial charge in [0, 0.05) is 18.8 Å². The molecule has 1 aliphatic rings. The first kappa shape index (κ1) is 15.4. The molecule has 6 heteroatoms. The molecule has 0 spiro atoms. The molecule has 6 nitrogen and oxygen atoms in total. The summed E-state index contributed by atoms with van der Waals surface area (Å²) in [6.45, 7) is 5.01. The van der Waals surface area contributed by atoms with E-state index in [-0.39, 0.29) is 11.6 Å². The Labute approximate surface area is 144 Å². The summed E-state index contributed by atoms with van der Waals surface area (Å²) >= 11 is 0. The second kappa shape index (κ2) is 5.73. The molecule has 0 atom stereocenters. The SMILES string of the molecule is Cc1cccc(-n2c(C)nc3ccc(N4CCNC4=O)cc3c2=O)c1. The summed E-state index contributed by atoms with van der Waals surface area (Å²) in [5, 5.41) is 3.28. The Kier molecular flexibility index (Phi) is 3.53. The fourth-order valence-electron chi connectivity index (χ4n) is 3.24. The van der Waals surface area contributed by atoms with Crippen LogP contribution in [-0.4, -0.2) is 28.7 Å². The van der Waals surface area contributed by atoms with E-state index in [1.807, 2.05) is 44.2 Å². The first-order chi connectivity index (χ1) is 12.0. The zero-order chi connectivity index (χ0) is 17.6. The molecule has 4 rings (SSSR count). The summed E-state index contributed by atoms with van der Waals surface area (Å²) in [5.41, 5.74) is 3.08. The highest BCUT2D eigenvalue weighted by Gasteiger charge is 2.22. The minimum Gasteiger partial charge on any atom is -0.336 e. The van der Waals surface area contributed by atoms with Crippen LogP contribution in [0.15, 0.2) is 47.3 Å². The maximum atomic E-state index is 13.1. The standard InChI is InChI=1S/C19H18N4O2/c1-12-4-3-5-15(10-12)23-13(2)21-17-7-6-14(11-16(17)18(23)24)22-9-8-20-19(22)25/h3-7,10-11H,8-9H2,1-2H3,(H,20,25). The van der Waals surface area contributed by atoms with Gasteiger partial charge in [0.15, 0.2) is 0 Å². The molecule has 3 aromatic rings. The third kappa shape index (κ3) is 2.55. The van der Waals surface area contributed by atoms with Crippen LogP contribution >= 0.6 is 0 Å². The van der Waals surface area contributed by atoms with Crippen molar-refractivity contribution in [3.05, 3.63) is 64.2 Å². The van der Waals surface area contributed by atoms with Crippen molar-refractivity contribution in [3.8, 4) is 5.69 Å². The number of fused-ring (bicyclic) bond motifs is 1. The van der Waals surface area contributed by atoms with Gasteiger partial charge in [-0.3, -0.25) is 14.3 Å². The lowest BCUT2D eigenvalue weighted by Crippen LogP contribution is -2.28. The number of hydrogen-bond donors (Lipinski definition) is 1. The van der Waals surface area contributed by atoms with E-state index in [1.165, 1.54) is 0 Å². The minimum absolute atomic E-state index is 0.130. The van der Waals surface area contributed by atoms with E-state index in [0.29, 0.717) is 35.5 Å². The molecule has 0 aliphatic carbocycles. The summed E-state index contributed by atoms with van der Waals surface area (Å²) in [4.78, 5) is 31.2. The predicted octanol–water partition coefficient (Wildman–Crippen LogP) is 2.53. The number of amides is 2. The molecule has 0 unspecified atom stereocenters. The molecule has 25 heavy (non-hydrogen) atoms. The van der Waals surface area contributed by atoms with Gasteiger partial charge in [0.1, 0.15) is 5.82 Å². The van der Waals surface area contributed by atoms with Crippen molar-refractivity contribution in [1.29, 1.82) is 0 Å². The topological polar surface area (TPSA) is 67.2 Å². The van der Waals surface area contributed by atoms with E-state index >= 15 is 0 Å². The van der Waals surface area contributed by atoms with Crippen molar-refractivity contribution < 1.29 is 4.79 Å². The van der Waals surface area contributed by atoms with Crippen LogP contribution in [0.5, 0.6) is 0 Å². The number of urea groups is 1. The van der Waals surface area contributed by atoms with Crippen LogP contribution in [0.1, 0.15) is 11.4 Å². The van der Waals surface area contributed by atoms with Gasteiger partial charge < -0.3 is 5.32 Å². The monoisotopic (exact) mass is 334 g/mol. The molecule has 0 bridgehead atoms. The van der Waals surface area contributed by atoms with Crippen molar-refractivity contribution in [1.82, 2.24) is 14.9 Å². The molecule has 1 aromatic heterocycles. The largest absolute Gasteiger partial charge is 0.336 e. The van der Waals surface area contributed by atoms with E-state index in [9.17, 15) is 9.59 Å². The fourth-order valence-corrected chi connectivity index (χ4v) is 3.24. The third-order valence-corrected chi connectivity index (χ3v) is 4.45. The highest BCUT2D eigenvalue weighted by atomic mass is 16.2. The second-order valence-electron chi connectivity index (χ2n) is 6.22. The van der Waals surface area contributed by atoms with E-state index in [2.05, 4.69) is 10.3 Å². The van der Waals surface area contributed by atoms with Crippen molar-refractivity contribution in [2.45, 2.75) is 13.8 Å². The van der Waals surface area contributed by atoms with Gasteiger partial charge in [-0.25, -0.2) is 9.78 Å². The number of carbonyl (C=O) groups excluding carboxylic acids is 1. The van der Waals surface area contributed by atoms with Crippen LogP contribution < -0.4 is 15.8 Å². The van der Waals surface area contributed by atoms with Gasteiger partial charge >= 0.3 is 6.03 Å². The maximum Gasteiger partial charge on any atom is 0.321 e. The lowest BCUT2D eigenvalue weighted by Gasteiger charge is -2.16. The lowest BCUT2D eigenvalue weighted by molar-refractivity contribution is 0.252. The first-order valence-electron chi connectivity index (χ1n) is 8.20. The summed E-state index contributed by atoms with van der Waals surface area (Å²) < 4.78 is 1.61. The summed E-state index contributed by atoms with van der Waals surface area (Å²) in [7, 11) is 0. The Hall–Kier alpha value is -3.15. The quantitative estimate of drug-likeness (QED) is 0.783. The number of nitrogens with one attached hydrogen (secondary N) is 1. The molecule has 1 saturated heterocycles. The van der Waals surface area contributed by atoms with Gasteiger partial charge in [-0.05, 0) is 49.7 Å². The van der Waals surface area contributed by atoms with Gasteiger partial charge in [0.25, 0.3) is 5.56 Å². The summed E-state index contributed by atoms with van der Waals surface area (Å²) in [6.07, 6.45) is 0. The van der Waals surface area contributed by atoms with Crippen molar-refractivity contribution in [2.75, 3.05) is 18.0 Å². The van der Waals surface area contributed by atoms with Gasteiger partial charge in [0.2, 0.25) is 0 Å². The summed E-state index contributed by atoms with van der Waals surface area (Å²) in [6, 6.07) is 13.0. The Morgan fingerprint density at radius 3 is 2.60 bits per heavy atom. The summed E-state index contributed by atoms with van der Waals surface area (Å²) in [5.74, 6) is 0.634. The third-order valence-electron chi connectivity index (χ3n) is 4.45. The van der Waals surface area contributed by atoms with Crippen LogP contribution in [0.3, 0.4) is 0 Å². The molecule has 126 valence electrons. The van der Waals surface area contributed by atoms with Gasteiger partial charge in [0.05, 0.1) is 16.6 Å². The van der Waals surface area contributed by atoms with Crippen LogP contribution in [0, 0.1) is 13.8 Å². The van der Waals surface area contributed by atoms with Gasteiger partial charge in [-0.2, -0.15) is 0 Å².